The molecule has 0 bridgehead atoms. The first-order valence-corrected chi connectivity index (χ1v) is 11.1. The number of alkyl halides is 1. The highest BCUT2D eigenvalue weighted by Crippen LogP contribution is 2.44. The molecule has 0 heterocycles. The van der Waals surface area contributed by atoms with E-state index in [1.807, 2.05) is 17.8 Å². The Morgan fingerprint density at radius 1 is 1.15 bits per heavy atom. The van der Waals surface area contributed by atoms with Crippen molar-refractivity contribution < 1.29 is 9.47 Å². The zero-order chi connectivity index (χ0) is 18.8. The molecule has 0 saturated heterocycles. The molecule has 1 atom stereocenters. The average Bonchev–Trinajstić information content (AvgIpc) is 2.69. The van der Waals surface area contributed by atoms with E-state index in [2.05, 4.69) is 12.1 Å². The van der Waals surface area contributed by atoms with Crippen LogP contribution in [0.5, 0.6) is 11.5 Å². The number of unbranched alkanes of at least 4 members (excludes halogenated alkanes) is 2. The van der Waals surface area contributed by atoms with Gasteiger partial charge in [-0.05, 0) is 43.7 Å². The van der Waals surface area contributed by atoms with Gasteiger partial charge in [-0.15, -0.1) is 23.4 Å². The smallest absolute Gasteiger partial charge is 0.164 e. The Hall–Kier alpha value is -1.05. The van der Waals surface area contributed by atoms with Crippen LogP contribution in [0, 0.1) is 11.3 Å². The van der Waals surface area contributed by atoms with Gasteiger partial charge in [0.15, 0.2) is 11.5 Å². The van der Waals surface area contributed by atoms with Gasteiger partial charge in [-0.25, -0.2) is 0 Å². The third-order valence-corrected chi connectivity index (χ3v) is 6.78. The lowest BCUT2D eigenvalue weighted by Gasteiger charge is -2.25. The highest BCUT2D eigenvalue weighted by atomic mass is 35.5. The Balaban J connectivity index is 2.26. The second-order valence-corrected chi connectivity index (χ2v) is 8.56. The number of rotatable bonds is 10. The zero-order valence-corrected chi connectivity index (χ0v) is 17.5. The Bertz CT molecular complexity index is 596. The van der Waals surface area contributed by atoms with Crippen LogP contribution in [0.15, 0.2) is 12.1 Å². The van der Waals surface area contributed by atoms with Crippen LogP contribution in [0.4, 0.5) is 0 Å². The summed E-state index contributed by atoms with van der Waals surface area (Å²) in [7, 11) is 3.34. The van der Waals surface area contributed by atoms with Crippen LogP contribution in [-0.4, -0.2) is 25.3 Å². The minimum absolute atomic E-state index is 0.152. The van der Waals surface area contributed by atoms with E-state index in [0.717, 1.165) is 48.3 Å². The second-order valence-electron chi connectivity index (χ2n) is 6.77. The minimum atomic E-state index is -0.152. The molecule has 1 fully saturated rings. The molecule has 1 aliphatic rings. The van der Waals surface area contributed by atoms with Crippen molar-refractivity contribution >= 4 is 23.4 Å². The number of methoxy groups -OCH3 is 2. The van der Waals surface area contributed by atoms with Crippen LogP contribution < -0.4 is 9.47 Å². The lowest BCUT2D eigenvalue weighted by atomic mass is 9.97. The van der Waals surface area contributed by atoms with Gasteiger partial charge in [-0.2, -0.15) is 5.26 Å². The summed E-state index contributed by atoms with van der Waals surface area (Å²) in [5, 5.41) is 10.3. The van der Waals surface area contributed by atoms with E-state index < -0.39 is 0 Å². The lowest BCUT2D eigenvalue weighted by Crippen LogP contribution is -2.11. The monoisotopic (exact) mass is 395 g/mol. The molecule has 1 aromatic carbocycles. The molecule has 1 aliphatic carbocycles. The topological polar surface area (TPSA) is 42.2 Å². The third-order valence-electron chi connectivity index (χ3n) is 5.03. The number of hydrogen-bond acceptors (Lipinski definition) is 4. The Morgan fingerprint density at radius 3 is 2.54 bits per heavy atom. The van der Waals surface area contributed by atoms with E-state index in [-0.39, 0.29) is 5.25 Å². The molecule has 0 N–H and O–H groups in total. The molecule has 3 nitrogen and oxygen atoms in total. The number of nitriles is 1. The summed E-state index contributed by atoms with van der Waals surface area (Å²) >= 11 is 7.64. The second kappa shape index (κ2) is 11.6. The maximum atomic E-state index is 9.87. The number of halogens is 1. The van der Waals surface area contributed by atoms with E-state index >= 15 is 0 Å². The fourth-order valence-corrected chi connectivity index (χ4v) is 5.26. The van der Waals surface area contributed by atoms with Crippen LogP contribution in [0.25, 0.3) is 0 Å². The molecule has 0 amide bonds. The SMILES string of the molecule is COc1ccc(C(C#N)SC2CCCCC2)c(CCCCCCl)c1OC. The Morgan fingerprint density at radius 2 is 1.92 bits per heavy atom. The van der Waals surface area contributed by atoms with Gasteiger partial charge in [-0.3, -0.25) is 0 Å². The summed E-state index contributed by atoms with van der Waals surface area (Å²) in [6, 6.07) is 6.53. The maximum Gasteiger partial charge on any atom is 0.164 e. The van der Waals surface area contributed by atoms with E-state index in [9.17, 15) is 5.26 Å². The van der Waals surface area contributed by atoms with E-state index in [1.165, 1.54) is 32.1 Å². The molecule has 26 heavy (non-hydrogen) atoms. The molecule has 0 aliphatic heterocycles. The predicted octanol–water partition coefficient (Wildman–Crippen LogP) is 6.29. The van der Waals surface area contributed by atoms with Crippen molar-refractivity contribution in [3.05, 3.63) is 23.3 Å². The van der Waals surface area contributed by atoms with Crippen molar-refractivity contribution in [2.75, 3.05) is 20.1 Å². The quantitative estimate of drug-likeness (QED) is 0.345. The normalized spacial score (nSPS) is 16.1. The van der Waals surface area contributed by atoms with Crippen LogP contribution in [0.2, 0.25) is 0 Å². The highest BCUT2D eigenvalue weighted by Gasteiger charge is 2.25. The zero-order valence-electron chi connectivity index (χ0n) is 15.9. The summed E-state index contributed by atoms with van der Waals surface area (Å²) in [6.07, 6.45) is 10.4. The summed E-state index contributed by atoms with van der Waals surface area (Å²) in [6.45, 7) is 0. The molecular weight excluding hydrogens is 366 g/mol. The number of nitrogens with zero attached hydrogens (tertiary/aromatic N) is 1. The van der Waals surface area contributed by atoms with Gasteiger partial charge < -0.3 is 9.47 Å². The van der Waals surface area contributed by atoms with Gasteiger partial charge >= 0.3 is 0 Å². The van der Waals surface area contributed by atoms with Crippen molar-refractivity contribution in [2.45, 2.75) is 68.3 Å². The van der Waals surface area contributed by atoms with Gasteiger partial charge in [0.05, 0.1) is 20.3 Å². The lowest BCUT2D eigenvalue weighted by molar-refractivity contribution is 0.350. The molecule has 0 aromatic heterocycles. The maximum absolute atomic E-state index is 9.87. The van der Waals surface area contributed by atoms with Crippen molar-refractivity contribution in [1.82, 2.24) is 0 Å². The molecule has 144 valence electrons. The molecule has 0 radical (unpaired) electrons. The fourth-order valence-electron chi connectivity index (χ4n) is 3.65. The van der Waals surface area contributed by atoms with Crippen molar-refractivity contribution in [3.8, 4) is 17.6 Å². The molecule has 0 spiro atoms. The molecule has 1 aromatic rings. The third kappa shape index (κ3) is 5.72. The van der Waals surface area contributed by atoms with E-state index in [1.54, 1.807) is 14.2 Å². The van der Waals surface area contributed by atoms with Gasteiger partial charge in [0.1, 0.15) is 5.25 Å². The van der Waals surface area contributed by atoms with Crippen LogP contribution >= 0.6 is 23.4 Å². The molecule has 1 unspecified atom stereocenters. The van der Waals surface area contributed by atoms with Crippen LogP contribution in [0.3, 0.4) is 0 Å². The Labute approximate surface area is 167 Å². The van der Waals surface area contributed by atoms with Gasteiger partial charge in [-0.1, -0.05) is 31.7 Å². The first-order chi connectivity index (χ1) is 12.7. The number of ether oxygens (including phenoxy) is 2. The number of benzene rings is 1. The van der Waals surface area contributed by atoms with Crippen LogP contribution in [-0.2, 0) is 6.42 Å². The Kier molecular flexibility index (Phi) is 9.50. The standard InChI is InChI=1S/C21H30ClNO2S/c1-24-19-13-12-17(18(21(19)25-2)11-7-4-8-14-22)20(15-23)26-16-9-5-3-6-10-16/h12-13,16,20H,3-11,14H2,1-2H3. The molecule has 5 heteroatoms. The van der Waals surface area contributed by atoms with E-state index in [4.69, 9.17) is 21.1 Å². The number of hydrogen-bond donors (Lipinski definition) is 0. The number of thioether (sulfide) groups is 1. The largest absolute Gasteiger partial charge is 0.493 e. The molecule has 1 saturated carbocycles. The van der Waals surface area contributed by atoms with Crippen molar-refractivity contribution in [2.24, 2.45) is 0 Å². The summed E-state index contributed by atoms with van der Waals surface area (Å²) < 4.78 is 11.2. The highest BCUT2D eigenvalue weighted by molar-refractivity contribution is 8.00. The van der Waals surface area contributed by atoms with Crippen molar-refractivity contribution in [3.63, 3.8) is 0 Å². The fraction of sp³-hybridized carbons (Fsp3) is 0.667. The van der Waals surface area contributed by atoms with Gasteiger partial charge in [0.25, 0.3) is 0 Å². The summed E-state index contributed by atoms with van der Waals surface area (Å²) in [5.74, 6) is 2.21. The van der Waals surface area contributed by atoms with E-state index in [0.29, 0.717) is 11.1 Å². The summed E-state index contributed by atoms with van der Waals surface area (Å²) in [5.41, 5.74) is 2.21. The predicted molar refractivity (Wildman–Crippen MR) is 111 cm³/mol. The van der Waals surface area contributed by atoms with Crippen molar-refractivity contribution in [1.29, 1.82) is 5.26 Å². The van der Waals surface area contributed by atoms with Crippen LogP contribution in [0.1, 0.15) is 67.7 Å². The first kappa shape index (κ1) is 21.3. The minimum Gasteiger partial charge on any atom is -0.493 e. The molecular formula is C21H30ClNO2S. The van der Waals surface area contributed by atoms with Gasteiger partial charge in [0.2, 0.25) is 0 Å². The summed E-state index contributed by atoms with van der Waals surface area (Å²) in [4.78, 5) is 0. The first-order valence-electron chi connectivity index (χ1n) is 9.60. The van der Waals surface area contributed by atoms with Gasteiger partial charge in [0, 0.05) is 16.7 Å². The molecule has 2 rings (SSSR count). The average molecular weight is 396 g/mol.